The number of aromatic nitrogens is 3. The van der Waals surface area contributed by atoms with Crippen LogP contribution in [0.15, 0.2) is 30.3 Å². The third kappa shape index (κ3) is 4.43. The highest BCUT2D eigenvalue weighted by Crippen LogP contribution is 2.24. The molecule has 144 valence electrons. The molecular formula is C18H24N6O3. The minimum Gasteiger partial charge on any atom is -0.383 e. The van der Waals surface area contributed by atoms with E-state index in [2.05, 4.69) is 20.9 Å². The monoisotopic (exact) mass is 372 g/mol. The highest BCUT2D eigenvalue weighted by molar-refractivity contribution is 5.81. The quantitative estimate of drug-likeness (QED) is 0.701. The van der Waals surface area contributed by atoms with Crippen LogP contribution in [0.1, 0.15) is 29.9 Å². The maximum Gasteiger partial charge on any atom is 0.315 e. The lowest BCUT2D eigenvalue weighted by Crippen LogP contribution is -2.42. The van der Waals surface area contributed by atoms with E-state index in [4.69, 9.17) is 4.74 Å². The summed E-state index contributed by atoms with van der Waals surface area (Å²) < 4.78 is 6.54. The first-order valence-corrected chi connectivity index (χ1v) is 8.86. The summed E-state index contributed by atoms with van der Waals surface area (Å²) >= 11 is 0. The first-order valence-electron chi connectivity index (χ1n) is 8.86. The molecule has 2 aromatic rings. The van der Waals surface area contributed by atoms with Gasteiger partial charge in [0.15, 0.2) is 0 Å². The van der Waals surface area contributed by atoms with Gasteiger partial charge in [-0.15, -0.1) is 5.10 Å². The maximum atomic E-state index is 12.7. The van der Waals surface area contributed by atoms with Gasteiger partial charge in [0.2, 0.25) is 5.91 Å². The second-order valence-corrected chi connectivity index (χ2v) is 6.39. The molecule has 3 rings (SSSR count). The number of nitrogens with one attached hydrogen (secondary N) is 2. The number of benzene rings is 1. The molecule has 0 spiro atoms. The van der Waals surface area contributed by atoms with Gasteiger partial charge in [0, 0.05) is 20.2 Å². The molecule has 27 heavy (non-hydrogen) atoms. The number of hydrogen-bond donors (Lipinski definition) is 2. The zero-order valence-corrected chi connectivity index (χ0v) is 15.5. The van der Waals surface area contributed by atoms with Crippen molar-refractivity contribution in [2.75, 3.05) is 20.3 Å². The number of methoxy groups -OCH3 is 1. The van der Waals surface area contributed by atoms with Gasteiger partial charge in [-0.25, -0.2) is 9.48 Å². The van der Waals surface area contributed by atoms with Gasteiger partial charge >= 0.3 is 6.03 Å². The van der Waals surface area contributed by atoms with Crippen molar-refractivity contribution in [1.29, 1.82) is 0 Å². The van der Waals surface area contributed by atoms with Crippen LogP contribution < -0.4 is 10.6 Å². The van der Waals surface area contributed by atoms with Crippen molar-refractivity contribution in [2.45, 2.75) is 32.6 Å². The minimum atomic E-state index is -0.422. The molecule has 2 N–H and O–H groups in total. The molecule has 0 saturated carbocycles. The number of hydrogen-bond acceptors (Lipinski definition) is 5. The van der Waals surface area contributed by atoms with Gasteiger partial charge in [-0.3, -0.25) is 4.79 Å². The second kappa shape index (κ2) is 8.63. The summed E-state index contributed by atoms with van der Waals surface area (Å²) in [5.41, 5.74) is 2.57. The van der Waals surface area contributed by atoms with Crippen LogP contribution in [0.2, 0.25) is 0 Å². The average Bonchev–Trinajstić information content (AvgIpc) is 3.08. The number of rotatable bonds is 7. The predicted molar refractivity (Wildman–Crippen MR) is 97.5 cm³/mol. The molecular weight excluding hydrogens is 348 g/mol. The fourth-order valence-electron chi connectivity index (χ4n) is 3.02. The SMILES string of the molecule is COCCNC(=O)NCc1nnn2c1CN(Cc1ccccc1)C(=O)C2C. The lowest BCUT2D eigenvalue weighted by molar-refractivity contribution is -0.138. The molecule has 1 atom stereocenters. The lowest BCUT2D eigenvalue weighted by Gasteiger charge is -2.31. The van der Waals surface area contributed by atoms with Crippen molar-refractivity contribution in [3.8, 4) is 0 Å². The Labute approximate surface area is 157 Å². The highest BCUT2D eigenvalue weighted by Gasteiger charge is 2.33. The standard InChI is InChI=1S/C18H24N6O3/c1-13-17(25)23(11-14-6-4-3-5-7-14)12-16-15(21-22-24(13)16)10-20-18(26)19-8-9-27-2/h3-7,13H,8-12H2,1-2H3,(H2,19,20,26). The summed E-state index contributed by atoms with van der Waals surface area (Å²) in [6.45, 7) is 3.87. The average molecular weight is 372 g/mol. The van der Waals surface area contributed by atoms with Crippen LogP contribution in [0.4, 0.5) is 4.79 Å². The van der Waals surface area contributed by atoms with Crippen LogP contribution >= 0.6 is 0 Å². The smallest absolute Gasteiger partial charge is 0.315 e. The Kier molecular flexibility index (Phi) is 6.02. The fourth-order valence-corrected chi connectivity index (χ4v) is 3.02. The summed E-state index contributed by atoms with van der Waals surface area (Å²) in [6.07, 6.45) is 0. The molecule has 0 bridgehead atoms. The summed E-state index contributed by atoms with van der Waals surface area (Å²) in [6, 6.07) is 9.13. The summed E-state index contributed by atoms with van der Waals surface area (Å²) in [7, 11) is 1.58. The molecule has 1 unspecified atom stereocenters. The van der Waals surface area contributed by atoms with E-state index in [-0.39, 0.29) is 18.5 Å². The molecule has 0 radical (unpaired) electrons. The highest BCUT2D eigenvalue weighted by atomic mass is 16.5. The molecule has 3 amide bonds. The molecule has 9 nitrogen and oxygen atoms in total. The molecule has 2 heterocycles. The second-order valence-electron chi connectivity index (χ2n) is 6.39. The van der Waals surface area contributed by atoms with Gasteiger partial charge in [-0.2, -0.15) is 0 Å². The Balaban J connectivity index is 1.67. The Morgan fingerprint density at radius 2 is 2.07 bits per heavy atom. The molecule has 0 aliphatic carbocycles. The molecule has 1 aromatic carbocycles. The van der Waals surface area contributed by atoms with Gasteiger partial charge in [0.05, 0.1) is 25.4 Å². The number of ether oxygens (including phenoxy) is 1. The number of amides is 3. The molecule has 9 heteroatoms. The largest absolute Gasteiger partial charge is 0.383 e. The number of nitrogens with zero attached hydrogens (tertiary/aromatic N) is 4. The minimum absolute atomic E-state index is 0.00747. The third-order valence-corrected chi connectivity index (χ3v) is 4.47. The zero-order valence-electron chi connectivity index (χ0n) is 15.5. The summed E-state index contributed by atoms with van der Waals surface area (Å²) in [5.74, 6) is 0.00747. The van der Waals surface area contributed by atoms with Crippen molar-refractivity contribution in [2.24, 2.45) is 0 Å². The van der Waals surface area contributed by atoms with Crippen LogP contribution in [0.25, 0.3) is 0 Å². The maximum absolute atomic E-state index is 12.7. The number of urea groups is 1. The number of carbonyl (C=O) groups is 2. The molecule has 0 fully saturated rings. The van der Waals surface area contributed by atoms with Crippen molar-refractivity contribution in [3.63, 3.8) is 0 Å². The Morgan fingerprint density at radius 1 is 1.30 bits per heavy atom. The van der Waals surface area contributed by atoms with Crippen molar-refractivity contribution in [1.82, 2.24) is 30.5 Å². The summed E-state index contributed by atoms with van der Waals surface area (Å²) in [5, 5.41) is 13.7. The van der Waals surface area contributed by atoms with E-state index in [1.807, 2.05) is 37.3 Å². The van der Waals surface area contributed by atoms with Gasteiger partial charge < -0.3 is 20.3 Å². The predicted octanol–water partition coefficient (Wildman–Crippen LogP) is 0.827. The molecule has 1 aliphatic heterocycles. The Morgan fingerprint density at radius 3 is 2.81 bits per heavy atom. The van der Waals surface area contributed by atoms with Gasteiger partial charge in [0.1, 0.15) is 11.7 Å². The molecule has 1 aromatic heterocycles. The van der Waals surface area contributed by atoms with E-state index in [0.717, 1.165) is 11.3 Å². The van der Waals surface area contributed by atoms with Crippen LogP contribution in [-0.2, 0) is 29.2 Å². The van der Waals surface area contributed by atoms with Gasteiger partial charge in [-0.05, 0) is 12.5 Å². The molecule has 0 saturated heterocycles. The van der Waals surface area contributed by atoms with E-state index in [0.29, 0.717) is 31.9 Å². The Hall–Kier alpha value is -2.94. The van der Waals surface area contributed by atoms with Crippen molar-refractivity contribution >= 4 is 11.9 Å². The first-order chi connectivity index (χ1) is 13.1. The van der Waals surface area contributed by atoms with E-state index in [1.54, 1.807) is 16.7 Å². The van der Waals surface area contributed by atoms with E-state index in [1.165, 1.54) is 0 Å². The van der Waals surface area contributed by atoms with Gasteiger partial charge in [-0.1, -0.05) is 35.5 Å². The molecule has 1 aliphatic rings. The normalized spacial score (nSPS) is 16.1. The van der Waals surface area contributed by atoms with Crippen LogP contribution in [0.3, 0.4) is 0 Å². The lowest BCUT2D eigenvalue weighted by atomic mass is 10.1. The van der Waals surface area contributed by atoms with Crippen LogP contribution in [-0.4, -0.2) is 52.1 Å². The summed E-state index contributed by atoms with van der Waals surface area (Å²) in [4.78, 5) is 26.3. The third-order valence-electron chi connectivity index (χ3n) is 4.47. The zero-order chi connectivity index (χ0) is 19.2. The topological polar surface area (TPSA) is 101 Å². The van der Waals surface area contributed by atoms with Crippen molar-refractivity contribution in [3.05, 3.63) is 47.3 Å². The van der Waals surface area contributed by atoms with Crippen molar-refractivity contribution < 1.29 is 14.3 Å². The van der Waals surface area contributed by atoms with Gasteiger partial charge in [0.25, 0.3) is 0 Å². The van der Waals surface area contributed by atoms with Crippen LogP contribution in [0.5, 0.6) is 0 Å². The Bertz CT molecular complexity index is 792. The van der Waals surface area contributed by atoms with Crippen LogP contribution in [0, 0.1) is 0 Å². The van der Waals surface area contributed by atoms with E-state index < -0.39 is 6.04 Å². The van der Waals surface area contributed by atoms with E-state index >= 15 is 0 Å². The number of fused-ring (bicyclic) bond motifs is 1. The fraction of sp³-hybridized carbons (Fsp3) is 0.444. The number of carbonyl (C=O) groups excluding carboxylic acids is 2. The first kappa shape index (κ1) is 18.8. The van der Waals surface area contributed by atoms with E-state index in [9.17, 15) is 9.59 Å².